The van der Waals surface area contributed by atoms with Crippen LogP contribution in [0.3, 0.4) is 0 Å². The SMILES string of the molecule is CC(C)(C)Nc1c(Nc2ccnc(Nc3ccc(I)cc3)n2)c(=O)c1=O. The molecule has 0 saturated carbocycles. The maximum atomic E-state index is 11.9. The summed E-state index contributed by atoms with van der Waals surface area (Å²) >= 11 is 2.23. The highest BCUT2D eigenvalue weighted by atomic mass is 127. The lowest BCUT2D eigenvalue weighted by Gasteiger charge is -2.24. The molecule has 3 aromatic rings. The van der Waals surface area contributed by atoms with Crippen LogP contribution in [-0.4, -0.2) is 15.5 Å². The molecule has 0 aliphatic heterocycles. The van der Waals surface area contributed by atoms with Crippen LogP contribution in [0, 0.1) is 3.57 Å². The average Bonchev–Trinajstić information content (AvgIpc) is 2.59. The monoisotopic (exact) mass is 463 g/mol. The molecule has 0 fully saturated rings. The second kappa shape index (κ2) is 7.02. The van der Waals surface area contributed by atoms with Gasteiger partial charge in [-0.1, -0.05) is 0 Å². The van der Waals surface area contributed by atoms with Crippen molar-refractivity contribution in [2.75, 3.05) is 16.0 Å². The van der Waals surface area contributed by atoms with Crippen LogP contribution in [0.25, 0.3) is 0 Å². The number of nitrogens with one attached hydrogen (secondary N) is 3. The van der Waals surface area contributed by atoms with Crippen molar-refractivity contribution in [2.45, 2.75) is 26.3 Å². The van der Waals surface area contributed by atoms with Crippen molar-refractivity contribution in [2.24, 2.45) is 0 Å². The van der Waals surface area contributed by atoms with Crippen LogP contribution >= 0.6 is 22.6 Å². The number of aromatic nitrogens is 2. The van der Waals surface area contributed by atoms with E-state index in [0.29, 0.717) is 11.8 Å². The van der Waals surface area contributed by atoms with Crippen molar-refractivity contribution in [1.29, 1.82) is 0 Å². The van der Waals surface area contributed by atoms with Crippen LogP contribution in [0.15, 0.2) is 46.1 Å². The van der Waals surface area contributed by atoms with E-state index in [-0.39, 0.29) is 16.9 Å². The van der Waals surface area contributed by atoms with Crippen molar-refractivity contribution in [3.05, 3.63) is 60.5 Å². The standard InChI is InChI=1S/C18H18IN5O2/c1-18(2,3)24-14-13(15(25)16(14)26)22-12-8-9-20-17(23-12)21-11-6-4-10(19)5-7-11/h4-9,24H,1-3H3,(H2,20,21,22,23). The minimum absolute atomic E-state index is 0.226. The number of hydrogen-bond acceptors (Lipinski definition) is 7. The lowest BCUT2D eigenvalue weighted by molar-refractivity contribution is 0.632. The van der Waals surface area contributed by atoms with E-state index in [1.165, 1.54) is 0 Å². The molecule has 0 unspecified atom stereocenters. The van der Waals surface area contributed by atoms with Gasteiger partial charge in [0.25, 0.3) is 10.9 Å². The number of rotatable bonds is 5. The highest BCUT2D eigenvalue weighted by Crippen LogP contribution is 2.23. The molecule has 0 aliphatic rings. The van der Waals surface area contributed by atoms with E-state index in [2.05, 4.69) is 48.5 Å². The van der Waals surface area contributed by atoms with Gasteiger partial charge in [-0.15, -0.1) is 0 Å². The van der Waals surface area contributed by atoms with Gasteiger partial charge in [0.05, 0.1) is 0 Å². The van der Waals surface area contributed by atoms with Gasteiger partial charge in [-0.2, -0.15) is 4.98 Å². The molecule has 26 heavy (non-hydrogen) atoms. The Labute approximate surface area is 164 Å². The third-order valence-corrected chi connectivity index (χ3v) is 4.14. The van der Waals surface area contributed by atoms with Crippen molar-refractivity contribution < 1.29 is 0 Å². The summed E-state index contributed by atoms with van der Waals surface area (Å²) in [6.07, 6.45) is 1.58. The Hall–Kier alpha value is -2.49. The van der Waals surface area contributed by atoms with E-state index in [9.17, 15) is 9.59 Å². The molecule has 0 bridgehead atoms. The smallest absolute Gasteiger partial charge is 0.253 e. The van der Waals surface area contributed by atoms with E-state index in [1.54, 1.807) is 12.3 Å². The van der Waals surface area contributed by atoms with E-state index in [1.807, 2.05) is 45.0 Å². The Kier molecular flexibility index (Phi) is 4.94. The lowest BCUT2D eigenvalue weighted by atomic mass is 10.1. The van der Waals surface area contributed by atoms with E-state index < -0.39 is 10.9 Å². The zero-order chi connectivity index (χ0) is 18.9. The molecule has 0 radical (unpaired) electrons. The summed E-state index contributed by atoms with van der Waals surface area (Å²) in [6, 6.07) is 9.43. The van der Waals surface area contributed by atoms with E-state index >= 15 is 0 Å². The first-order valence-corrected chi connectivity index (χ1v) is 9.05. The molecule has 0 aliphatic carbocycles. The van der Waals surface area contributed by atoms with Crippen molar-refractivity contribution in [3.63, 3.8) is 0 Å². The third kappa shape index (κ3) is 4.18. The minimum Gasteiger partial charge on any atom is -0.375 e. The molecule has 134 valence electrons. The molecule has 0 atom stereocenters. The molecule has 7 nitrogen and oxygen atoms in total. The molecule has 1 heterocycles. The van der Waals surface area contributed by atoms with Gasteiger partial charge in [0.15, 0.2) is 0 Å². The van der Waals surface area contributed by atoms with Crippen LogP contribution in [0.5, 0.6) is 0 Å². The fourth-order valence-corrected chi connectivity index (χ4v) is 2.64. The number of hydrogen-bond donors (Lipinski definition) is 3. The maximum Gasteiger partial charge on any atom is 0.253 e. The molecule has 8 heteroatoms. The highest BCUT2D eigenvalue weighted by molar-refractivity contribution is 14.1. The molecule has 3 N–H and O–H groups in total. The van der Waals surface area contributed by atoms with Crippen LogP contribution in [0.1, 0.15) is 20.8 Å². The van der Waals surface area contributed by atoms with Crippen LogP contribution in [0.4, 0.5) is 28.8 Å². The summed E-state index contributed by atoms with van der Waals surface area (Å²) < 4.78 is 1.13. The second-order valence-electron chi connectivity index (χ2n) is 6.81. The summed E-state index contributed by atoms with van der Waals surface area (Å²) in [6.45, 7) is 5.75. The van der Waals surface area contributed by atoms with Crippen molar-refractivity contribution >= 4 is 51.4 Å². The first-order chi connectivity index (χ1) is 12.2. The van der Waals surface area contributed by atoms with Gasteiger partial charge < -0.3 is 16.0 Å². The fraction of sp³-hybridized carbons (Fsp3) is 0.222. The molecule has 0 amide bonds. The number of benzene rings is 1. The number of halogens is 1. The Morgan fingerprint density at radius 2 is 1.58 bits per heavy atom. The van der Waals surface area contributed by atoms with Gasteiger partial charge in [0.1, 0.15) is 17.2 Å². The highest BCUT2D eigenvalue weighted by Gasteiger charge is 2.24. The summed E-state index contributed by atoms with van der Waals surface area (Å²) in [5, 5.41) is 9.07. The molecular weight excluding hydrogens is 445 g/mol. The van der Waals surface area contributed by atoms with Gasteiger partial charge in [0.2, 0.25) is 5.95 Å². The second-order valence-corrected chi connectivity index (χ2v) is 8.05. The molecule has 2 aromatic carbocycles. The summed E-state index contributed by atoms with van der Waals surface area (Å²) in [5.74, 6) is 0.817. The van der Waals surface area contributed by atoms with Crippen molar-refractivity contribution in [3.8, 4) is 0 Å². The molecular formula is C18H18IN5O2. The Balaban J connectivity index is 1.80. The molecule has 0 spiro atoms. The number of nitrogens with zero attached hydrogens (tertiary/aromatic N) is 2. The first kappa shape index (κ1) is 18.3. The normalized spacial score (nSPS) is 11.4. The maximum absolute atomic E-state index is 11.9. The van der Waals surface area contributed by atoms with Crippen LogP contribution in [0.2, 0.25) is 0 Å². The largest absolute Gasteiger partial charge is 0.375 e. The van der Waals surface area contributed by atoms with Gasteiger partial charge >= 0.3 is 0 Å². The third-order valence-electron chi connectivity index (χ3n) is 3.42. The summed E-state index contributed by atoms with van der Waals surface area (Å²) in [4.78, 5) is 32.2. The summed E-state index contributed by atoms with van der Waals surface area (Å²) in [7, 11) is 0. The number of anilines is 5. The molecule has 0 saturated heterocycles. The zero-order valence-corrected chi connectivity index (χ0v) is 16.7. The van der Waals surface area contributed by atoms with Gasteiger partial charge in [-0.25, -0.2) is 4.98 Å². The Morgan fingerprint density at radius 1 is 0.923 bits per heavy atom. The van der Waals surface area contributed by atoms with Crippen molar-refractivity contribution in [1.82, 2.24) is 9.97 Å². The predicted octanol–water partition coefficient (Wildman–Crippen LogP) is 3.37. The zero-order valence-electron chi connectivity index (χ0n) is 14.6. The molecule has 1 aromatic heterocycles. The topological polar surface area (TPSA) is 96.0 Å². The van der Waals surface area contributed by atoms with E-state index in [0.717, 1.165) is 9.26 Å². The van der Waals surface area contributed by atoms with Gasteiger partial charge in [0, 0.05) is 21.0 Å². The Morgan fingerprint density at radius 3 is 2.23 bits per heavy atom. The predicted molar refractivity (Wildman–Crippen MR) is 112 cm³/mol. The van der Waals surface area contributed by atoms with Gasteiger partial charge in [-0.3, -0.25) is 9.59 Å². The summed E-state index contributed by atoms with van der Waals surface area (Å²) in [5.41, 5.74) is -0.0398. The quantitative estimate of drug-likeness (QED) is 0.395. The first-order valence-electron chi connectivity index (χ1n) is 7.97. The van der Waals surface area contributed by atoms with Gasteiger partial charge in [-0.05, 0) is 73.7 Å². The Bertz CT molecular complexity index is 1000. The molecule has 3 rings (SSSR count). The average molecular weight is 463 g/mol. The van der Waals surface area contributed by atoms with E-state index in [4.69, 9.17) is 0 Å². The van der Waals surface area contributed by atoms with Crippen LogP contribution < -0.4 is 26.8 Å². The lowest BCUT2D eigenvalue weighted by Crippen LogP contribution is -2.41. The fourth-order valence-electron chi connectivity index (χ4n) is 2.28. The van der Waals surface area contributed by atoms with Crippen LogP contribution in [-0.2, 0) is 0 Å². The minimum atomic E-state index is -0.553.